The van der Waals surface area contributed by atoms with Gasteiger partial charge in [-0.1, -0.05) is 6.42 Å². The van der Waals surface area contributed by atoms with Crippen LogP contribution >= 0.6 is 0 Å². The van der Waals surface area contributed by atoms with Crippen LogP contribution in [0.4, 0.5) is 0 Å². The normalized spacial score (nSPS) is 25.8. The second-order valence-electron chi connectivity index (χ2n) is 4.81. The molecule has 0 saturated heterocycles. The highest BCUT2D eigenvalue weighted by atomic mass is 16.5. The molecule has 1 aliphatic rings. The highest BCUT2D eigenvalue weighted by Gasteiger charge is 2.24. The van der Waals surface area contributed by atoms with E-state index in [0.717, 1.165) is 19.3 Å². The van der Waals surface area contributed by atoms with Crippen molar-refractivity contribution in [1.29, 1.82) is 0 Å². The molecule has 100 valence electrons. The van der Waals surface area contributed by atoms with E-state index in [9.17, 15) is 9.90 Å². The Morgan fingerprint density at radius 3 is 2.88 bits per heavy atom. The van der Waals surface area contributed by atoms with Crippen LogP contribution in [0.1, 0.15) is 26.2 Å². The summed E-state index contributed by atoms with van der Waals surface area (Å²) in [6.07, 6.45) is 2.84. The van der Waals surface area contributed by atoms with Crippen LogP contribution in [-0.4, -0.2) is 50.0 Å². The predicted octanol–water partition coefficient (Wildman–Crippen LogP) is -0.112. The van der Waals surface area contributed by atoms with Crippen LogP contribution in [-0.2, 0) is 9.53 Å². The first-order valence-electron chi connectivity index (χ1n) is 6.30. The van der Waals surface area contributed by atoms with Crippen molar-refractivity contribution in [2.24, 2.45) is 5.92 Å². The standard InChI is InChI=1S/C12H24N2O3/c1-9(8-17-2)14-12(16)7-13-6-10-4-3-5-11(10)15/h9-11,13,15H,3-8H2,1-2H3,(H,14,16). The molecular formula is C12H24N2O3. The summed E-state index contributed by atoms with van der Waals surface area (Å²) in [6, 6.07) is 0.0337. The fourth-order valence-electron chi connectivity index (χ4n) is 2.24. The molecule has 0 aromatic heterocycles. The molecule has 1 amide bonds. The van der Waals surface area contributed by atoms with Crippen molar-refractivity contribution < 1.29 is 14.6 Å². The van der Waals surface area contributed by atoms with Gasteiger partial charge in [-0.3, -0.25) is 4.79 Å². The molecule has 0 radical (unpaired) electrons. The molecule has 5 heteroatoms. The first kappa shape index (κ1) is 14.4. The third-order valence-corrected chi connectivity index (χ3v) is 3.14. The maximum Gasteiger partial charge on any atom is 0.234 e. The lowest BCUT2D eigenvalue weighted by atomic mass is 10.1. The largest absolute Gasteiger partial charge is 0.393 e. The van der Waals surface area contributed by atoms with E-state index in [1.807, 2.05) is 6.92 Å². The van der Waals surface area contributed by atoms with Gasteiger partial charge >= 0.3 is 0 Å². The van der Waals surface area contributed by atoms with E-state index in [-0.39, 0.29) is 18.1 Å². The van der Waals surface area contributed by atoms with Crippen LogP contribution < -0.4 is 10.6 Å². The highest BCUT2D eigenvalue weighted by Crippen LogP contribution is 2.24. The summed E-state index contributed by atoms with van der Waals surface area (Å²) in [7, 11) is 1.61. The van der Waals surface area contributed by atoms with Gasteiger partial charge in [0, 0.05) is 19.7 Å². The number of hydrogen-bond acceptors (Lipinski definition) is 4. The van der Waals surface area contributed by atoms with Gasteiger partial charge in [-0.15, -0.1) is 0 Å². The number of methoxy groups -OCH3 is 1. The van der Waals surface area contributed by atoms with Gasteiger partial charge in [0.25, 0.3) is 0 Å². The molecule has 17 heavy (non-hydrogen) atoms. The molecule has 1 saturated carbocycles. The van der Waals surface area contributed by atoms with Crippen molar-refractivity contribution in [3.8, 4) is 0 Å². The summed E-state index contributed by atoms with van der Waals surface area (Å²) in [4.78, 5) is 11.5. The monoisotopic (exact) mass is 244 g/mol. The van der Waals surface area contributed by atoms with Gasteiger partial charge in [-0.25, -0.2) is 0 Å². The van der Waals surface area contributed by atoms with Crippen molar-refractivity contribution in [3.05, 3.63) is 0 Å². The number of aliphatic hydroxyl groups is 1. The molecule has 1 aliphatic carbocycles. The number of nitrogens with one attached hydrogen (secondary N) is 2. The molecule has 1 fully saturated rings. The first-order valence-corrected chi connectivity index (χ1v) is 6.30. The van der Waals surface area contributed by atoms with Gasteiger partial charge in [-0.05, 0) is 25.7 Å². The Morgan fingerprint density at radius 1 is 1.53 bits per heavy atom. The second-order valence-corrected chi connectivity index (χ2v) is 4.81. The molecule has 1 rings (SSSR count). The lowest BCUT2D eigenvalue weighted by Gasteiger charge is -2.16. The summed E-state index contributed by atoms with van der Waals surface area (Å²) in [5.74, 6) is 0.279. The molecule has 0 aromatic carbocycles. The van der Waals surface area contributed by atoms with Gasteiger partial charge < -0.3 is 20.5 Å². The molecule has 0 heterocycles. The van der Waals surface area contributed by atoms with Crippen LogP contribution in [0.3, 0.4) is 0 Å². The van der Waals surface area contributed by atoms with Gasteiger partial charge in [0.2, 0.25) is 5.91 Å². The van der Waals surface area contributed by atoms with E-state index in [4.69, 9.17) is 4.74 Å². The predicted molar refractivity (Wildman–Crippen MR) is 65.7 cm³/mol. The summed E-state index contributed by atoms with van der Waals surface area (Å²) in [5.41, 5.74) is 0. The quantitative estimate of drug-likeness (QED) is 0.584. The SMILES string of the molecule is COCC(C)NC(=O)CNCC1CCCC1O. The van der Waals surface area contributed by atoms with Crippen molar-refractivity contribution >= 4 is 5.91 Å². The minimum Gasteiger partial charge on any atom is -0.393 e. The van der Waals surface area contributed by atoms with E-state index in [1.165, 1.54) is 0 Å². The van der Waals surface area contributed by atoms with Gasteiger partial charge in [0.05, 0.1) is 19.3 Å². The summed E-state index contributed by atoms with van der Waals surface area (Å²) in [6.45, 7) is 3.44. The van der Waals surface area contributed by atoms with Crippen molar-refractivity contribution in [1.82, 2.24) is 10.6 Å². The maximum absolute atomic E-state index is 11.5. The molecule has 0 aliphatic heterocycles. The third-order valence-electron chi connectivity index (χ3n) is 3.14. The number of rotatable bonds is 7. The molecule has 3 N–H and O–H groups in total. The third kappa shape index (κ3) is 5.48. The van der Waals surface area contributed by atoms with E-state index in [1.54, 1.807) is 7.11 Å². The fraction of sp³-hybridized carbons (Fsp3) is 0.917. The number of carbonyl (C=O) groups excluding carboxylic acids is 1. The first-order chi connectivity index (χ1) is 8.13. The summed E-state index contributed by atoms with van der Waals surface area (Å²) in [5, 5.41) is 15.5. The zero-order valence-corrected chi connectivity index (χ0v) is 10.7. The van der Waals surface area contributed by atoms with E-state index in [2.05, 4.69) is 10.6 Å². The Hall–Kier alpha value is -0.650. The molecule has 0 bridgehead atoms. The summed E-state index contributed by atoms with van der Waals surface area (Å²) < 4.78 is 4.94. The van der Waals surface area contributed by atoms with Crippen molar-refractivity contribution in [2.75, 3.05) is 26.8 Å². The summed E-state index contributed by atoms with van der Waals surface area (Å²) >= 11 is 0. The zero-order chi connectivity index (χ0) is 12.7. The van der Waals surface area contributed by atoms with Crippen LogP contribution in [0.15, 0.2) is 0 Å². The Kier molecular flexibility index (Phi) is 6.47. The smallest absolute Gasteiger partial charge is 0.234 e. The van der Waals surface area contributed by atoms with E-state index >= 15 is 0 Å². The van der Waals surface area contributed by atoms with Crippen LogP contribution in [0.25, 0.3) is 0 Å². The molecule has 3 unspecified atom stereocenters. The Bertz CT molecular complexity index is 236. The lowest BCUT2D eigenvalue weighted by Crippen LogP contribution is -2.42. The average Bonchev–Trinajstić information content (AvgIpc) is 2.64. The van der Waals surface area contributed by atoms with Crippen molar-refractivity contribution in [3.63, 3.8) is 0 Å². The Morgan fingerprint density at radius 2 is 2.29 bits per heavy atom. The van der Waals surface area contributed by atoms with Crippen LogP contribution in [0, 0.1) is 5.92 Å². The number of amides is 1. The second kappa shape index (κ2) is 7.63. The Balaban J connectivity index is 2.07. The van der Waals surface area contributed by atoms with Gasteiger partial charge in [0.1, 0.15) is 0 Å². The van der Waals surface area contributed by atoms with E-state index in [0.29, 0.717) is 25.6 Å². The molecule has 0 aromatic rings. The number of hydrogen-bond donors (Lipinski definition) is 3. The van der Waals surface area contributed by atoms with Gasteiger partial charge in [-0.2, -0.15) is 0 Å². The molecule has 5 nitrogen and oxygen atoms in total. The molecule has 3 atom stereocenters. The Labute approximate surface area is 103 Å². The van der Waals surface area contributed by atoms with E-state index < -0.39 is 0 Å². The minimum absolute atomic E-state index is 0.0259. The number of aliphatic hydroxyl groups excluding tert-OH is 1. The van der Waals surface area contributed by atoms with Gasteiger partial charge in [0.15, 0.2) is 0 Å². The lowest BCUT2D eigenvalue weighted by molar-refractivity contribution is -0.121. The van der Waals surface area contributed by atoms with Crippen LogP contribution in [0.5, 0.6) is 0 Å². The molecular weight excluding hydrogens is 220 g/mol. The topological polar surface area (TPSA) is 70.6 Å². The number of ether oxygens (including phenoxy) is 1. The minimum atomic E-state index is -0.196. The van der Waals surface area contributed by atoms with Crippen molar-refractivity contribution in [2.45, 2.75) is 38.3 Å². The zero-order valence-electron chi connectivity index (χ0n) is 10.7. The average molecular weight is 244 g/mol. The maximum atomic E-state index is 11.5. The number of carbonyl (C=O) groups is 1. The fourth-order valence-corrected chi connectivity index (χ4v) is 2.24. The van der Waals surface area contributed by atoms with Crippen LogP contribution in [0.2, 0.25) is 0 Å². The molecule has 0 spiro atoms. The highest BCUT2D eigenvalue weighted by molar-refractivity contribution is 5.78.